The highest BCUT2D eigenvalue weighted by molar-refractivity contribution is 5.98. The van der Waals surface area contributed by atoms with Crippen molar-refractivity contribution in [3.63, 3.8) is 0 Å². The molecule has 2 unspecified atom stereocenters. The lowest BCUT2D eigenvalue weighted by Gasteiger charge is -2.33. The van der Waals surface area contributed by atoms with Crippen LogP contribution in [0.3, 0.4) is 0 Å². The molecule has 1 aliphatic heterocycles. The molecule has 2 rings (SSSR count). The number of esters is 1. The number of rotatable bonds is 10. The van der Waals surface area contributed by atoms with Crippen LogP contribution in [0.1, 0.15) is 50.9 Å². The second-order valence-electron chi connectivity index (χ2n) is 8.47. The number of benzene rings is 1. The predicted molar refractivity (Wildman–Crippen MR) is 121 cm³/mol. The molecule has 0 spiro atoms. The zero-order valence-corrected chi connectivity index (χ0v) is 19.3. The highest BCUT2D eigenvalue weighted by Crippen LogP contribution is 2.14. The first-order chi connectivity index (χ1) is 15.2. The van der Waals surface area contributed by atoms with Crippen LogP contribution in [0.4, 0.5) is 5.69 Å². The summed E-state index contributed by atoms with van der Waals surface area (Å²) < 4.78 is 5.19. The Hall–Kier alpha value is -2.94. The van der Waals surface area contributed by atoms with Gasteiger partial charge >= 0.3 is 5.97 Å². The Bertz CT molecular complexity index is 826. The lowest BCUT2D eigenvalue weighted by Crippen LogP contribution is -2.57. The average Bonchev–Trinajstić information content (AvgIpc) is 2.74. The van der Waals surface area contributed by atoms with Crippen molar-refractivity contribution in [2.45, 2.75) is 52.6 Å². The Morgan fingerprint density at radius 1 is 1.25 bits per heavy atom. The van der Waals surface area contributed by atoms with Gasteiger partial charge in [-0.3, -0.25) is 24.1 Å². The monoisotopic (exact) mass is 446 g/mol. The maximum Gasteiger partial charge on any atom is 0.307 e. The summed E-state index contributed by atoms with van der Waals surface area (Å²) in [7, 11) is 0. The molecule has 32 heavy (non-hydrogen) atoms. The van der Waals surface area contributed by atoms with Crippen LogP contribution in [0.25, 0.3) is 0 Å². The molecule has 0 radical (unpaired) electrons. The van der Waals surface area contributed by atoms with E-state index in [9.17, 15) is 19.2 Å². The molecule has 1 heterocycles. The van der Waals surface area contributed by atoms with Gasteiger partial charge in [0.2, 0.25) is 11.8 Å². The summed E-state index contributed by atoms with van der Waals surface area (Å²) in [5, 5.41) is 8.39. The number of hydrogen-bond acceptors (Lipinski definition) is 6. The fraction of sp³-hybridized carbons (Fsp3) is 0.565. The Morgan fingerprint density at radius 2 is 2.00 bits per heavy atom. The van der Waals surface area contributed by atoms with Gasteiger partial charge in [-0.05, 0) is 37.5 Å². The molecular formula is C23H34N4O5. The summed E-state index contributed by atoms with van der Waals surface area (Å²) in [6.45, 7) is 8.84. The van der Waals surface area contributed by atoms with Crippen LogP contribution in [0.15, 0.2) is 24.3 Å². The summed E-state index contributed by atoms with van der Waals surface area (Å²) in [6.07, 6.45) is 0.703. The molecule has 3 N–H and O–H groups in total. The summed E-state index contributed by atoms with van der Waals surface area (Å²) in [4.78, 5) is 51.1. The van der Waals surface area contributed by atoms with Gasteiger partial charge in [0, 0.05) is 30.4 Å². The molecule has 1 aliphatic rings. The first-order valence-corrected chi connectivity index (χ1v) is 11.1. The molecule has 3 amide bonds. The van der Waals surface area contributed by atoms with E-state index in [1.807, 2.05) is 27.7 Å². The van der Waals surface area contributed by atoms with E-state index in [0.717, 1.165) is 6.42 Å². The van der Waals surface area contributed by atoms with Gasteiger partial charge in [0.15, 0.2) is 0 Å². The Labute approximate surface area is 189 Å². The maximum absolute atomic E-state index is 12.6. The molecule has 176 valence electrons. The van der Waals surface area contributed by atoms with Crippen LogP contribution in [-0.4, -0.2) is 66.9 Å². The molecule has 0 saturated carbocycles. The third-order valence-electron chi connectivity index (χ3n) is 5.12. The van der Waals surface area contributed by atoms with Gasteiger partial charge in [-0.15, -0.1) is 0 Å². The lowest BCUT2D eigenvalue weighted by molar-refractivity contribution is -0.149. The van der Waals surface area contributed by atoms with Crippen molar-refractivity contribution >= 4 is 29.4 Å². The quantitative estimate of drug-likeness (QED) is 0.470. The van der Waals surface area contributed by atoms with E-state index in [2.05, 4.69) is 16.0 Å². The molecule has 1 aromatic carbocycles. The van der Waals surface area contributed by atoms with Gasteiger partial charge in [0.05, 0.1) is 19.6 Å². The molecule has 0 aromatic heterocycles. The lowest BCUT2D eigenvalue weighted by atomic mass is 10.1. The van der Waals surface area contributed by atoms with Gasteiger partial charge in [-0.25, -0.2) is 0 Å². The standard InChI is InChI=1S/C23H34N4O5/c1-5-16(4)25-22(30)17-7-6-8-18(11-17)26-20(28)13-27-10-9-24-23(31)19(27)12-21(29)32-14-15(2)3/h6-8,11,15-16,19H,5,9-10,12-14H2,1-4H3,(H,24,31)(H,25,30)(H,26,28). The first-order valence-electron chi connectivity index (χ1n) is 11.1. The van der Waals surface area contributed by atoms with E-state index in [-0.39, 0.29) is 49.3 Å². The number of ether oxygens (including phenoxy) is 1. The molecule has 1 fully saturated rings. The fourth-order valence-electron chi connectivity index (χ4n) is 3.18. The minimum Gasteiger partial charge on any atom is -0.465 e. The first kappa shape index (κ1) is 25.3. The smallest absolute Gasteiger partial charge is 0.307 e. The molecule has 0 aliphatic carbocycles. The Kier molecular flexibility index (Phi) is 9.64. The summed E-state index contributed by atoms with van der Waals surface area (Å²) in [6, 6.07) is 5.97. The van der Waals surface area contributed by atoms with Gasteiger partial charge in [0.1, 0.15) is 6.04 Å². The van der Waals surface area contributed by atoms with Crippen LogP contribution < -0.4 is 16.0 Å². The molecule has 0 bridgehead atoms. The number of nitrogens with one attached hydrogen (secondary N) is 3. The number of hydrogen-bond donors (Lipinski definition) is 3. The second-order valence-corrected chi connectivity index (χ2v) is 8.47. The molecule has 9 heteroatoms. The highest BCUT2D eigenvalue weighted by atomic mass is 16.5. The summed E-state index contributed by atoms with van der Waals surface area (Å²) in [5.41, 5.74) is 0.937. The van der Waals surface area contributed by atoms with Crippen molar-refractivity contribution in [3.8, 4) is 0 Å². The van der Waals surface area contributed by atoms with Gasteiger partial charge in [-0.1, -0.05) is 26.8 Å². The average molecular weight is 447 g/mol. The minimum absolute atomic E-state index is 0.0511. The normalized spacial score (nSPS) is 17.4. The predicted octanol–water partition coefficient (Wildman–Crippen LogP) is 1.54. The number of anilines is 1. The van der Waals surface area contributed by atoms with E-state index in [1.54, 1.807) is 29.2 Å². The van der Waals surface area contributed by atoms with Crippen LogP contribution in [0, 0.1) is 5.92 Å². The number of nitrogens with zero attached hydrogens (tertiary/aromatic N) is 1. The maximum atomic E-state index is 12.6. The van der Waals surface area contributed by atoms with Gasteiger partial charge in [0.25, 0.3) is 5.91 Å². The topological polar surface area (TPSA) is 117 Å². The molecule has 1 aromatic rings. The van der Waals surface area contributed by atoms with Crippen LogP contribution in [0.5, 0.6) is 0 Å². The van der Waals surface area contributed by atoms with Crippen molar-refractivity contribution < 1.29 is 23.9 Å². The van der Waals surface area contributed by atoms with Crippen LogP contribution in [0.2, 0.25) is 0 Å². The van der Waals surface area contributed by atoms with E-state index < -0.39 is 12.0 Å². The van der Waals surface area contributed by atoms with Crippen molar-refractivity contribution in [2.75, 3.05) is 31.6 Å². The fourth-order valence-corrected chi connectivity index (χ4v) is 3.18. The molecule has 1 saturated heterocycles. The van der Waals surface area contributed by atoms with Crippen LogP contribution >= 0.6 is 0 Å². The van der Waals surface area contributed by atoms with Crippen molar-refractivity contribution in [2.24, 2.45) is 5.92 Å². The number of piperazine rings is 1. The Morgan fingerprint density at radius 3 is 2.69 bits per heavy atom. The van der Waals surface area contributed by atoms with E-state index in [0.29, 0.717) is 24.3 Å². The van der Waals surface area contributed by atoms with Crippen molar-refractivity contribution in [1.29, 1.82) is 0 Å². The van der Waals surface area contributed by atoms with E-state index in [4.69, 9.17) is 4.74 Å². The number of carbonyl (C=O) groups is 4. The zero-order chi connectivity index (χ0) is 23.7. The second kappa shape index (κ2) is 12.2. The van der Waals surface area contributed by atoms with E-state index >= 15 is 0 Å². The number of carbonyl (C=O) groups excluding carboxylic acids is 4. The molecule has 9 nitrogen and oxygen atoms in total. The molecular weight excluding hydrogens is 412 g/mol. The summed E-state index contributed by atoms with van der Waals surface area (Å²) >= 11 is 0. The van der Waals surface area contributed by atoms with Crippen LogP contribution in [-0.2, 0) is 19.1 Å². The molecule has 2 atom stereocenters. The van der Waals surface area contributed by atoms with E-state index in [1.165, 1.54) is 0 Å². The van der Waals surface area contributed by atoms with Gasteiger partial charge < -0.3 is 20.7 Å². The van der Waals surface area contributed by atoms with Gasteiger partial charge in [-0.2, -0.15) is 0 Å². The van der Waals surface area contributed by atoms with Crippen molar-refractivity contribution in [3.05, 3.63) is 29.8 Å². The Balaban J connectivity index is 1.98. The SMILES string of the molecule is CCC(C)NC(=O)c1cccc(NC(=O)CN2CCNC(=O)C2CC(=O)OCC(C)C)c1. The summed E-state index contributed by atoms with van der Waals surface area (Å²) in [5.74, 6) is -1.10. The number of amides is 3. The third-order valence-corrected chi connectivity index (χ3v) is 5.12. The minimum atomic E-state index is -0.762. The zero-order valence-electron chi connectivity index (χ0n) is 19.3. The largest absolute Gasteiger partial charge is 0.465 e. The third kappa shape index (κ3) is 7.96. The highest BCUT2D eigenvalue weighted by Gasteiger charge is 2.33. The van der Waals surface area contributed by atoms with Crippen molar-refractivity contribution in [1.82, 2.24) is 15.5 Å².